The van der Waals surface area contributed by atoms with Crippen LogP contribution in [0, 0.1) is 19.8 Å². The van der Waals surface area contributed by atoms with Crippen LogP contribution < -0.4 is 10.6 Å². The Morgan fingerprint density at radius 3 is 2.40 bits per heavy atom. The maximum absolute atomic E-state index is 12.6. The summed E-state index contributed by atoms with van der Waals surface area (Å²) in [5, 5.41) is 5.52. The number of hydrogen-bond donors (Lipinski definition) is 2. The predicted molar refractivity (Wildman–Crippen MR) is 116 cm³/mol. The first kappa shape index (κ1) is 20.5. The van der Waals surface area contributed by atoms with Gasteiger partial charge in [0.15, 0.2) is 0 Å². The number of hydrogen-bond acceptors (Lipinski definition) is 4. The summed E-state index contributed by atoms with van der Waals surface area (Å²) in [6.07, 6.45) is 1.85. The number of amides is 4. The Bertz CT molecular complexity index is 1020. The smallest absolute Gasteiger partial charge is 0.325 e. The van der Waals surface area contributed by atoms with Gasteiger partial charge in [-0.3, -0.25) is 14.5 Å². The Morgan fingerprint density at radius 1 is 1.10 bits per heavy atom. The van der Waals surface area contributed by atoms with Crippen molar-refractivity contribution in [2.45, 2.75) is 48.9 Å². The molecule has 4 rings (SSSR count). The number of imide groups is 1. The van der Waals surface area contributed by atoms with E-state index in [2.05, 4.69) is 42.7 Å². The third kappa shape index (κ3) is 4.07. The molecule has 2 aromatic rings. The maximum Gasteiger partial charge on any atom is 0.325 e. The van der Waals surface area contributed by atoms with E-state index in [1.807, 2.05) is 24.3 Å². The fourth-order valence-corrected chi connectivity index (χ4v) is 4.58. The Balaban J connectivity index is 1.35. The zero-order valence-electron chi connectivity index (χ0n) is 17.3. The average molecular weight is 424 g/mol. The van der Waals surface area contributed by atoms with Gasteiger partial charge in [-0.2, -0.15) is 0 Å². The normalized spacial score (nSPS) is 21.0. The lowest BCUT2D eigenvalue weighted by atomic mass is 9.96. The first-order chi connectivity index (χ1) is 14.3. The van der Waals surface area contributed by atoms with Crippen molar-refractivity contribution in [2.75, 3.05) is 11.9 Å². The SMILES string of the molecule is Cc1ccc(Sc2ccc(NC(=O)CN3C(=O)N[C@](C)(C4CC4)C3=O)cc2)cc1C. The Morgan fingerprint density at radius 2 is 1.77 bits per heavy atom. The number of carbonyl (C=O) groups excluding carboxylic acids is 3. The minimum atomic E-state index is -0.870. The van der Waals surface area contributed by atoms with Gasteiger partial charge in [-0.15, -0.1) is 0 Å². The molecule has 0 aromatic heterocycles. The number of nitrogens with zero attached hydrogens (tertiary/aromatic N) is 1. The van der Waals surface area contributed by atoms with Crippen LogP contribution >= 0.6 is 11.8 Å². The van der Waals surface area contributed by atoms with Crippen LogP contribution in [0.4, 0.5) is 10.5 Å². The number of aryl methyl sites for hydroxylation is 2. The molecular weight excluding hydrogens is 398 g/mol. The summed E-state index contributed by atoms with van der Waals surface area (Å²) >= 11 is 1.65. The van der Waals surface area contributed by atoms with Crippen LogP contribution in [0.3, 0.4) is 0 Å². The molecule has 1 aliphatic heterocycles. The van der Waals surface area contributed by atoms with Gasteiger partial charge in [0, 0.05) is 15.5 Å². The minimum Gasteiger partial charge on any atom is -0.325 e. The van der Waals surface area contributed by atoms with Crippen LogP contribution in [0.15, 0.2) is 52.3 Å². The fourth-order valence-electron chi connectivity index (χ4n) is 3.66. The van der Waals surface area contributed by atoms with Crippen molar-refractivity contribution in [2.24, 2.45) is 5.92 Å². The summed E-state index contributed by atoms with van der Waals surface area (Å²) < 4.78 is 0. The van der Waals surface area contributed by atoms with Gasteiger partial charge in [0.1, 0.15) is 12.1 Å². The molecule has 4 amide bonds. The van der Waals surface area contributed by atoms with Crippen LogP contribution in [0.25, 0.3) is 0 Å². The summed E-state index contributed by atoms with van der Waals surface area (Å²) in [4.78, 5) is 40.5. The molecule has 6 nitrogen and oxygen atoms in total. The number of anilines is 1. The number of urea groups is 1. The van der Waals surface area contributed by atoms with Crippen molar-refractivity contribution < 1.29 is 14.4 Å². The van der Waals surface area contributed by atoms with Gasteiger partial charge in [0.25, 0.3) is 5.91 Å². The molecule has 2 aromatic carbocycles. The third-order valence-electron chi connectivity index (χ3n) is 5.85. The van der Waals surface area contributed by atoms with Crippen LogP contribution in [-0.4, -0.2) is 34.8 Å². The summed E-state index contributed by atoms with van der Waals surface area (Å²) in [6, 6.07) is 13.4. The van der Waals surface area contributed by atoms with Gasteiger partial charge in [0.05, 0.1) is 0 Å². The molecule has 2 aliphatic rings. The summed E-state index contributed by atoms with van der Waals surface area (Å²) in [6.45, 7) is 5.64. The van der Waals surface area contributed by atoms with Crippen molar-refractivity contribution in [3.05, 3.63) is 53.6 Å². The minimum absolute atomic E-state index is 0.171. The number of nitrogens with one attached hydrogen (secondary N) is 2. The lowest BCUT2D eigenvalue weighted by molar-refractivity contribution is -0.134. The second-order valence-electron chi connectivity index (χ2n) is 8.22. The molecule has 0 unspecified atom stereocenters. The van der Waals surface area contributed by atoms with Crippen molar-refractivity contribution in [1.82, 2.24) is 10.2 Å². The monoisotopic (exact) mass is 423 g/mol. The lowest BCUT2D eigenvalue weighted by Crippen LogP contribution is -2.46. The predicted octanol–water partition coefficient (Wildman–Crippen LogP) is 4.11. The molecule has 1 aliphatic carbocycles. The highest BCUT2D eigenvalue weighted by atomic mass is 32.2. The zero-order chi connectivity index (χ0) is 21.5. The average Bonchev–Trinajstić information content (AvgIpc) is 3.52. The van der Waals surface area contributed by atoms with Gasteiger partial charge in [-0.05, 0) is 87.1 Å². The van der Waals surface area contributed by atoms with Gasteiger partial charge >= 0.3 is 6.03 Å². The first-order valence-electron chi connectivity index (χ1n) is 10.1. The van der Waals surface area contributed by atoms with Gasteiger partial charge in [0.2, 0.25) is 5.91 Å². The third-order valence-corrected chi connectivity index (χ3v) is 6.85. The van der Waals surface area contributed by atoms with E-state index in [1.54, 1.807) is 18.7 Å². The molecule has 7 heteroatoms. The van der Waals surface area contributed by atoms with Crippen LogP contribution in [0.1, 0.15) is 30.9 Å². The second kappa shape index (κ2) is 7.80. The Kier molecular flexibility index (Phi) is 5.32. The van der Waals surface area contributed by atoms with E-state index in [0.29, 0.717) is 5.69 Å². The largest absolute Gasteiger partial charge is 0.325 e. The molecule has 30 heavy (non-hydrogen) atoms. The Labute approximate surface area is 180 Å². The highest BCUT2D eigenvalue weighted by Crippen LogP contribution is 2.42. The van der Waals surface area contributed by atoms with E-state index >= 15 is 0 Å². The van der Waals surface area contributed by atoms with Crippen LogP contribution in [0.5, 0.6) is 0 Å². The lowest BCUT2D eigenvalue weighted by Gasteiger charge is -2.20. The van der Waals surface area contributed by atoms with E-state index in [1.165, 1.54) is 11.1 Å². The van der Waals surface area contributed by atoms with Crippen molar-refractivity contribution in [3.63, 3.8) is 0 Å². The maximum atomic E-state index is 12.6. The van der Waals surface area contributed by atoms with Crippen LogP contribution in [0.2, 0.25) is 0 Å². The Hall–Kier alpha value is -2.80. The van der Waals surface area contributed by atoms with E-state index in [-0.39, 0.29) is 18.4 Å². The molecule has 0 radical (unpaired) electrons. The van der Waals surface area contributed by atoms with Gasteiger partial charge < -0.3 is 10.6 Å². The molecule has 1 saturated carbocycles. The number of carbonyl (C=O) groups is 3. The van der Waals surface area contributed by atoms with Gasteiger partial charge in [-0.25, -0.2) is 4.79 Å². The highest BCUT2D eigenvalue weighted by molar-refractivity contribution is 7.99. The fraction of sp³-hybridized carbons (Fsp3) is 0.348. The van der Waals surface area contributed by atoms with Crippen LogP contribution in [-0.2, 0) is 9.59 Å². The van der Waals surface area contributed by atoms with E-state index in [0.717, 1.165) is 27.5 Å². The summed E-state index contributed by atoms with van der Waals surface area (Å²) in [5.41, 5.74) is 2.27. The zero-order valence-corrected chi connectivity index (χ0v) is 18.1. The molecule has 1 heterocycles. The molecule has 2 fully saturated rings. The molecule has 0 spiro atoms. The first-order valence-corrected chi connectivity index (χ1v) is 10.9. The molecule has 1 saturated heterocycles. The molecule has 0 bridgehead atoms. The molecule has 1 atom stereocenters. The van der Waals surface area contributed by atoms with Crippen molar-refractivity contribution in [1.29, 1.82) is 0 Å². The quantitative estimate of drug-likeness (QED) is 0.686. The molecular formula is C23H25N3O3S. The second-order valence-corrected chi connectivity index (χ2v) is 9.37. The number of rotatable bonds is 6. The summed E-state index contributed by atoms with van der Waals surface area (Å²) in [5.74, 6) is -0.539. The van der Waals surface area contributed by atoms with E-state index in [9.17, 15) is 14.4 Å². The standard InChI is InChI=1S/C23H25N3O3S/c1-14-4-9-19(12-15(14)2)30-18-10-7-17(8-11-18)24-20(27)13-26-21(28)23(3,16-5-6-16)25-22(26)29/h4,7-12,16H,5-6,13H2,1-3H3,(H,24,27)(H,25,29)/t23-/m1/s1. The van der Waals surface area contributed by atoms with E-state index in [4.69, 9.17) is 0 Å². The highest BCUT2D eigenvalue weighted by Gasteiger charge is 2.56. The van der Waals surface area contributed by atoms with Gasteiger partial charge in [-0.1, -0.05) is 17.8 Å². The van der Waals surface area contributed by atoms with Crippen molar-refractivity contribution >= 4 is 35.3 Å². The summed E-state index contributed by atoms with van der Waals surface area (Å²) in [7, 11) is 0. The topological polar surface area (TPSA) is 78.5 Å². The molecule has 2 N–H and O–H groups in total. The molecule has 156 valence electrons. The van der Waals surface area contributed by atoms with E-state index < -0.39 is 17.5 Å². The number of benzene rings is 2. The van der Waals surface area contributed by atoms with Crippen molar-refractivity contribution in [3.8, 4) is 0 Å².